The number of hydrogen-bond donors (Lipinski definition) is 2. The van der Waals surface area contributed by atoms with Gasteiger partial charge in [-0.05, 0) is 18.2 Å². The molecule has 98 valence electrons. The molecule has 0 saturated heterocycles. The molecule has 1 aliphatic rings. The van der Waals surface area contributed by atoms with Gasteiger partial charge in [-0.1, -0.05) is 0 Å². The van der Waals surface area contributed by atoms with E-state index in [1.807, 2.05) is 18.2 Å². The Morgan fingerprint density at radius 1 is 1.21 bits per heavy atom. The molecule has 0 bridgehead atoms. The molecule has 0 saturated carbocycles. The summed E-state index contributed by atoms with van der Waals surface area (Å²) in [5.74, 6) is 2.47. The summed E-state index contributed by atoms with van der Waals surface area (Å²) in [6.45, 7) is 0.248. The number of nitrogens with two attached hydrogens (primary N) is 1. The highest BCUT2D eigenvalue weighted by Gasteiger charge is 2.14. The van der Waals surface area contributed by atoms with Crippen molar-refractivity contribution in [2.24, 2.45) is 0 Å². The van der Waals surface area contributed by atoms with E-state index in [0.29, 0.717) is 23.1 Å². The zero-order chi connectivity index (χ0) is 13.2. The number of benzene rings is 1. The monoisotopic (exact) mass is 259 g/mol. The Morgan fingerprint density at radius 3 is 2.89 bits per heavy atom. The SMILES string of the molecule is COc1ccc(N)c(Nc2ccc3c(c2)OCO3)n1. The summed E-state index contributed by atoms with van der Waals surface area (Å²) in [5, 5.41) is 3.12. The topological polar surface area (TPSA) is 78.6 Å². The van der Waals surface area contributed by atoms with Gasteiger partial charge in [-0.3, -0.25) is 0 Å². The first-order valence-electron chi connectivity index (χ1n) is 5.73. The average Bonchev–Trinajstić information content (AvgIpc) is 2.89. The van der Waals surface area contributed by atoms with E-state index in [4.69, 9.17) is 19.9 Å². The smallest absolute Gasteiger partial charge is 0.231 e. The lowest BCUT2D eigenvalue weighted by Gasteiger charge is -2.10. The van der Waals surface area contributed by atoms with Crippen molar-refractivity contribution in [1.29, 1.82) is 0 Å². The molecule has 2 aromatic rings. The predicted octanol–water partition coefficient (Wildman–Crippen LogP) is 2.14. The minimum absolute atomic E-state index is 0.248. The van der Waals surface area contributed by atoms with Gasteiger partial charge in [0.1, 0.15) is 0 Å². The summed E-state index contributed by atoms with van der Waals surface area (Å²) in [5.41, 5.74) is 7.22. The summed E-state index contributed by atoms with van der Waals surface area (Å²) in [4.78, 5) is 4.25. The maximum Gasteiger partial charge on any atom is 0.231 e. The Kier molecular flexibility index (Phi) is 2.75. The second kappa shape index (κ2) is 4.56. The molecule has 0 atom stereocenters. The van der Waals surface area contributed by atoms with Crippen molar-refractivity contribution in [1.82, 2.24) is 4.98 Å². The van der Waals surface area contributed by atoms with Gasteiger partial charge in [-0.15, -0.1) is 0 Å². The molecule has 1 aliphatic heterocycles. The van der Waals surface area contributed by atoms with Gasteiger partial charge >= 0.3 is 0 Å². The summed E-state index contributed by atoms with van der Waals surface area (Å²) in [7, 11) is 1.56. The van der Waals surface area contributed by atoms with Gasteiger partial charge in [0.25, 0.3) is 0 Å². The summed E-state index contributed by atoms with van der Waals surface area (Å²) in [6.07, 6.45) is 0. The Labute approximate surface area is 110 Å². The van der Waals surface area contributed by atoms with Crippen LogP contribution in [0.2, 0.25) is 0 Å². The number of nitrogen functional groups attached to an aromatic ring is 1. The van der Waals surface area contributed by atoms with Gasteiger partial charge in [-0.25, -0.2) is 0 Å². The maximum absolute atomic E-state index is 5.87. The Hall–Kier alpha value is -2.63. The predicted molar refractivity (Wildman–Crippen MR) is 71.0 cm³/mol. The van der Waals surface area contributed by atoms with Gasteiger partial charge in [0.2, 0.25) is 12.7 Å². The van der Waals surface area contributed by atoms with Crippen molar-refractivity contribution in [3.8, 4) is 17.4 Å². The number of pyridine rings is 1. The van der Waals surface area contributed by atoms with Crippen molar-refractivity contribution in [3.63, 3.8) is 0 Å². The fourth-order valence-corrected chi connectivity index (χ4v) is 1.78. The van der Waals surface area contributed by atoms with E-state index in [-0.39, 0.29) is 6.79 Å². The number of nitrogens with zero attached hydrogens (tertiary/aromatic N) is 1. The van der Waals surface area contributed by atoms with Crippen LogP contribution in [0.3, 0.4) is 0 Å². The number of aromatic nitrogens is 1. The van der Waals surface area contributed by atoms with Gasteiger partial charge in [0, 0.05) is 17.8 Å². The van der Waals surface area contributed by atoms with E-state index in [1.165, 1.54) is 0 Å². The third-order valence-corrected chi connectivity index (χ3v) is 2.75. The first kappa shape index (κ1) is 11.5. The van der Waals surface area contributed by atoms with Crippen LogP contribution in [0.1, 0.15) is 0 Å². The van der Waals surface area contributed by atoms with Crippen LogP contribution < -0.4 is 25.3 Å². The highest BCUT2D eigenvalue weighted by molar-refractivity contribution is 5.70. The molecule has 1 aromatic heterocycles. The summed E-state index contributed by atoms with van der Waals surface area (Å²) < 4.78 is 15.6. The molecule has 0 aliphatic carbocycles. The third-order valence-electron chi connectivity index (χ3n) is 2.75. The zero-order valence-corrected chi connectivity index (χ0v) is 10.3. The van der Waals surface area contributed by atoms with Gasteiger partial charge in [0.15, 0.2) is 17.3 Å². The number of methoxy groups -OCH3 is 1. The number of ether oxygens (including phenoxy) is 3. The van der Waals surface area contributed by atoms with Gasteiger partial charge < -0.3 is 25.3 Å². The number of rotatable bonds is 3. The van der Waals surface area contributed by atoms with Crippen molar-refractivity contribution >= 4 is 17.2 Å². The third kappa shape index (κ3) is 2.20. The standard InChI is InChI=1S/C13H13N3O3/c1-17-12-5-3-9(14)13(16-12)15-8-2-4-10-11(6-8)19-7-18-10/h2-6H,7,14H2,1H3,(H,15,16). The molecule has 19 heavy (non-hydrogen) atoms. The van der Waals surface area contributed by atoms with Crippen molar-refractivity contribution in [3.05, 3.63) is 30.3 Å². The quantitative estimate of drug-likeness (QED) is 0.879. The van der Waals surface area contributed by atoms with Crippen LogP contribution in [0.4, 0.5) is 17.2 Å². The van der Waals surface area contributed by atoms with Crippen LogP contribution in [0.5, 0.6) is 17.4 Å². The van der Waals surface area contributed by atoms with Crippen LogP contribution >= 0.6 is 0 Å². The van der Waals surface area contributed by atoms with Crippen LogP contribution in [0, 0.1) is 0 Å². The molecular weight excluding hydrogens is 246 g/mol. The molecule has 0 unspecified atom stereocenters. The maximum atomic E-state index is 5.87. The fourth-order valence-electron chi connectivity index (χ4n) is 1.78. The lowest BCUT2D eigenvalue weighted by Crippen LogP contribution is -2.00. The summed E-state index contributed by atoms with van der Waals surface area (Å²) >= 11 is 0. The van der Waals surface area contributed by atoms with E-state index >= 15 is 0 Å². The van der Waals surface area contributed by atoms with Crippen LogP contribution in [0.15, 0.2) is 30.3 Å². The zero-order valence-electron chi connectivity index (χ0n) is 10.3. The second-order valence-corrected chi connectivity index (χ2v) is 3.98. The number of fused-ring (bicyclic) bond motifs is 1. The van der Waals surface area contributed by atoms with E-state index < -0.39 is 0 Å². The molecule has 2 heterocycles. The molecule has 0 radical (unpaired) electrons. The van der Waals surface area contributed by atoms with Crippen molar-refractivity contribution < 1.29 is 14.2 Å². The molecule has 6 heteroatoms. The largest absolute Gasteiger partial charge is 0.481 e. The van der Waals surface area contributed by atoms with E-state index in [9.17, 15) is 0 Å². The molecule has 3 N–H and O–H groups in total. The Morgan fingerprint density at radius 2 is 2.05 bits per heavy atom. The molecule has 0 spiro atoms. The van der Waals surface area contributed by atoms with Gasteiger partial charge in [0.05, 0.1) is 12.8 Å². The molecule has 6 nitrogen and oxygen atoms in total. The summed E-state index contributed by atoms with van der Waals surface area (Å²) in [6, 6.07) is 8.99. The number of hydrogen-bond acceptors (Lipinski definition) is 6. The van der Waals surface area contributed by atoms with Crippen LogP contribution in [0.25, 0.3) is 0 Å². The first-order valence-corrected chi connectivity index (χ1v) is 5.73. The molecule has 0 fully saturated rings. The molecule has 0 amide bonds. The second-order valence-electron chi connectivity index (χ2n) is 3.98. The lowest BCUT2D eigenvalue weighted by molar-refractivity contribution is 0.174. The van der Waals surface area contributed by atoms with Gasteiger partial charge in [-0.2, -0.15) is 4.98 Å². The number of nitrogens with one attached hydrogen (secondary N) is 1. The van der Waals surface area contributed by atoms with Crippen LogP contribution in [-0.2, 0) is 0 Å². The van der Waals surface area contributed by atoms with E-state index in [2.05, 4.69) is 10.3 Å². The Balaban J connectivity index is 1.88. The van der Waals surface area contributed by atoms with Crippen molar-refractivity contribution in [2.45, 2.75) is 0 Å². The minimum atomic E-state index is 0.248. The molecule has 1 aromatic carbocycles. The highest BCUT2D eigenvalue weighted by Crippen LogP contribution is 2.35. The fraction of sp³-hybridized carbons (Fsp3) is 0.154. The van der Waals surface area contributed by atoms with E-state index in [0.717, 1.165) is 11.4 Å². The normalized spacial score (nSPS) is 12.3. The van der Waals surface area contributed by atoms with Crippen LogP contribution in [-0.4, -0.2) is 18.9 Å². The van der Waals surface area contributed by atoms with Crippen molar-refractivity contribution in [2.75, 3.05) is 25.0 Å². The average molecular weight is 259 g/mol. The highest BCUT2D eigenvalue weighted by atomic mass is 16.7. The minimum Gasteiger partial charge on any atom is -0.481 e. The number of anilines is 3. The van der Waals surface area contributed by atoms with E-state index in [1.54, 1.807) is 19.2 Å². The lowest BCUT2D eigenvalue weighted by atomic mass is 10.2. The Bertz CT molecular complexity index is 616. The molecule has 3 rings (SSSR count). The molecular formula is C13H13N3O3. The first-order chi connectivity index (χ1) is 9.26.